The molecular formula is C22H27ClN2O4S. The van der Waals surface area contributed by atoms with Gasteiger partial charge in [-0.3, -0.25) is 0 Å². The molecule has 0 saturated carbocycles. The second-order valence-corrected chi connectivity index (χ2v) is 10.1. The second kappa shape index (κ2) is 8.98. The number of aryl methyl sites for hydroxylation is 2. The average Bonchev–Trinajstić information content (AvgIpc) is 2.94. The van der Waals surface area contributed by atoms with E-state index in [0.29, 0.717) is 22.9 Å². The van der Waals surface area contributed by atoms with Crippen LogP contribution in [0.3, 0.4) is 0 Å². The lowest BCUT2D eigenvalue weighted by atomic mass is 10.1. The van der Waals surface area contributed by atoms with E-state index in [1.165, 1.54) is 16.9 Å². The molecule has 2 N–H and O–H groups in total. The minimum Gasteiger partial charge on any atom is -0.403 e. The summed E-state index contributed by atoms with van der Waals surface area (Å²) in [5.41, 5.74) is 4.60. The lowest BCUT2D eigenvalue weighted by Gasteiger charge is -2.26. The zero-order chi connectivity index (χ0) is 22.1. The standard InChI is InChI=1S/C22H27ClN2O4S/c1-5-25(29-18-7-8-19-14(2)15(3)24-21(19)12-18)22(26)11-16-6-9-20(23)17(10-16)13-30(4,27)28/h6-10,12,22,24,26H,5,11,13H2,1-4H3. The number of sulfone groups is 1. The zero-order valence-electron chi connectivity index (χ0n) is 17.6. The second-order valence-electron chi connectivity index (χ2n) is 7.59. The molecule has 3 rings (SSSR count). The van der Waals surface area contributed by atoms with Crippen LogP contribution in [-0.2, 0) is 22.0 Å². The topological polar surface area (TPSA) is 82.6 Å². The average molecular weight is 451 g/mol. The number of H-pyrrole nitrogens is 1. The van der Waals surface area contributed by atoms with Gasteiger partial charge in [0.1, 0.15) is 12.0 Å². The number of halogens is 1. The van der Waals surface area contributed by atoms with Gasteiger partial charge in [0.15, 0.2) is 9.84 Å². The SMILES string of the molecule is CCN(Oc1ccc2c(C)c(C)[nH]c2c1)C(O)Cc1ccc(Cl)c(CS(C)(=O)=O)c1. The molecule has 0 fully saturated rings. The van der Waals surface area contributed by atoms with Crippen molar-refractivity contribution in [3.63, 3.8) is 0 Å². The van der Waals surface area contributed by atoms with Gasteiger partial charge in [-0.1, -0.05) is 23.7 Å². The molecule has 0 aliphatic heterocycles. The highest BCUT2D eigenvalue weighted by molar-refractivity contribution is 7.89. The van der Waals surface area contributed by atoms with E-state index < -0.39 is 16.1 Å². The Hall–Kier alpha value is -2.06. The Morgan fingerprint density at radius 1 is 1.20 bits per heavy atom. The number of aliphatic hydroxyl groups is 1. The Morgan fingerprint density at radius 2 is 1.93 bits per heavy atom. The van der Waals surface area contributed by atoms with Crippen molar-refractivity contribution in [2.45, 2.75) is 39.2 Å². The van der Waals surface area contributed by atoms with E-state index in [1.807, 2.05) is 32.0 Å². The highest BCUT2D eigenvalue weighted by Gasteiger charge is 2.19. The number of aromatic amines is 1. The van der Waals surface area contributed by atoms with E-state index in [9.17, 15) is 13.5 Å². The van der Waals surface area contributed by atoms with Crippen molar-refractivity contribution >= 4 is 32.3 Å². The van der Waals surface area contributed by atoms with E-state index in [4.69, 9.17) is 16.4 Å². The number of hydroxylamine groups is 2. The Labute approximate surface area is 182 Å². The number of rotatable bonds is 8. The number of likely N-dealkylation sites (N-methyl/N-ethyl adjacent to an activating group) is 1. The molecule has 1 atom stereocenters. The summed E-state index contributed by atoms with van der Waals surface area (Å²) >= 11 is 6.13. The molecule has 0 aliphatic carbocycles. The Balaban J connectivity index is 1.75. The molecule has 162 valence electrons. The molecule has 0 amide bonds. The first kappa shape index (κ1) is 22.6. The number of nitrogens with zero attached hydrogens (tertiary/aromatic N) is 1. The Bertz CT molecular complexity index is 1160. The van der Waals surface area contributed by atoms with Crippen molar-refractivity contribution in [3.8, 4) is 5.75 Å². The van der Waals surface area contributed by atoms with Crippen LogP contribution in [0.4, 0.5) is 0 Å². The highest BCUT2D eigenvalue weighted by atomic mass is 35.5. The summed E-state index contributed by atoms with van der Waals surface area (Å²) in [5.74, 6) is 0.484. The number of nitrogens with one attached hydrogen (secondary N) is 1. The van der Waals surface area contributed by atoms with E-state index in [2.05, 4.69) is 11.9 Å². The van der Waals surface area contributed by atoms with Crippen molar-refractivity contribution in [2.75, 3.05) is 12.8 Å². The summed E-state index contributed by atoms with van der Waals surface area (Å²) in [6.07, 6.45) is 0.525. The van der Waals surface area contributed by atoms with E-state index in [1.54, 1.807) is 18.2 Å². The predicted molar refractivity (Wildman–Crippen MR) is 120 cm³/mol. The van der Waals surface area contributed by atoms with Crippen molar-refractivity contribution < 1.29 is 18.4 Å². The zero-order valence-corrected chi connectivity index (χ0v) is 19.1. The van der Waals surface area contributed by atoms with E-state index >= 15 is 0 Å². The molecule has 0 spiro atoms. The fraction of sp³-hybridized carbons (Fsp3) is 0.364. The Kier molecular flexibility index (Phi) is 6.77. The molecule has 8 heteroatoms. The number of hydrogen-bond acceptors (Lipinski definition) is 5. The molecule has 0 bridgehead atoms. The summed E-state index contributed by atoms with van der Waals surface area (Å²) in [7, 11) is -3.21. The van der Waals surface area contributed by atoms with Gasteiger partial charge < -0.3 is 14.9 Å². The third-order valence-electron chi connectivity index (χ3n) is 5.09. The maximum Gasteiger partial charge on any atom is 0.151 e. The molecule has 0 aliphatic rings. The number of fused-ring (bicyclic) bond motifs is 1. The lowest BCUT2D eigenvalue weighted by molar-refractivity contribution is -0.167. The molecule has 0 saturated heterocycles. The predicted octanol–water partition coefficient (Wildman–Crippen LogP) is 4.16. The molecule has 1 aromatic heterocycles. The molecule has 30 heavy (non-hydrogen) atoms. The van der Waals surface area contributed by atoms with Crippen LogP contribution in [0.15, 0.2) is 36.4 Å². The minimum atomic E-state index is -3.21. The maximum absolute atomic E-state index is 11.6. The largest absolute Gasteiger partial charge is 0.403 e. The van der Waals surface area contributed by atoms with Gasteiger partial charge in [0, 0.05) is 46.9 Å². The van der Waals surface area contributed by atoms with Gasteiger partial charge in [-0.2, -0.15) is 0 Å². The summed E-state index contributed by atoms with van der Waals surface area (Å²) in [4.78, 5) is 9.27. The van der Waals surface area contributed by atoms with Crippen LogP contribution < -0.4 is 4.84 Å². The van der Waals surface area contributed by atoms with Crippen LogP contribution in [0.1, 0.15) is 29.3 Å². The van der Waals surface area contributed by atoms with E-state index in [0.717, 1.165) is 22.2 Å². The third-order valence-corrected chi connectivity index (χ3v) is 6.30. The van der Waals surface area contributed by atoms with Gasteiger partial charge in [0.25, 0.3) is 0 Å². The quantitative estimate of drug-likeness (QED) is 0.397. The molecule has 6 nitrogen and oxygen atoms in total. The molecule has 1 unspecified atom stereocenters. The van der Waals surface area contributed by atoms with Gasteiger partial charge in [-0.15, -0.1) is 5.06 Å². The number of hydrogen-bond donors (Lipinski definition) is 2. The first-order valence-electron chi connectivity index (χ1n) is 9.74. The lowest BCUT2D eigenvalue weighted by Crippen LogP contribution is -2.39. The summed E-state index contributed by atoms with van der Waals surface area (Å²) < 4.78 is 23.2. The van der Waals surface area contributed by atoms with Gasteiger partial charge in [0.05, 0.1) is 5.75 Å². The smallest absolute Gasteiger partial charge is 0.151 e. The van der Waals surface area contributed by atoms with Crippen molar-refractivity contribution in [2.24, 2.45) is 0 Å². The summed E-state index contributed by atoms with van der Waals surface area (Å²) in [6, 6.07) is 11.0. The highest BCUT2D eigenvalue weighted by Crippen LogP contribution is 2.26. The third kappa shape index (κ3) is 5.35. The fourth-order valence-electron chi connectivity index (χ4n) is 3.44. The maximum atomic E-state index is 11.6. The van der Waals surface area contributed by atoms with Gasteiger partial charge in [-0.25, -0.2) is 8.42 Å². The van der Waals surface area contributed by atoms with Crippen LogP contribution in [0.25, 0.3) is 10.9 Å². The minimum absolute atomic E-state index is 0.140. The van der Waals surface area contributed by atoms with E-state index in [-0.39, 0.29) is 12.2 Å². The van der Waals surface area contributed by atoms with Crippen molar-refractivity contribution in [1.29, 1.82) is 0 Å². The van der Waals surface area contributed by atoms with Gasteiger partial charge in [0.2, 0.25) is 0 Å². The molecule has 3 aromatic rings. The number of aliphatic hydroxyl groups excluding tert-OH is 1. The normalized spacial score (nSPS) is 13.2. The van der Waals surface area contributed by atoms with Crippen LogP contribution in [0.5, 0.6) is 5.75 Å². The van der Waals surface area contributed by atoms with Gasteiger partial charge in [-0.05, 0) is 55.7 Å². The Morgan fingerprint density at radius 3 is 2.60 bits per heavy atom. The number of benzene rings is 2. The van der Waals surface area contributed by atoms with Crippen LogP contribution in [-0.4, -0.2) is 42.6 Å². The van der Waals surface area contributed by atoms with Crippen LogP contribution >= 0.6 is 11.6 Å². The number of aromatic nitrogens is 1. The van der Waals surface area contributed by atoms with Crippen molar-refractivity contribution in [1.82, 2.24) is 10.0 Å². The van der Waals surface area contributed by atoms with Gasteiger partial charge >= 0.3 is 0 Å². The first-order chi connectivity index (χ1) is 14.1. The van der Waals surface area contributed by atoms with Crippen LogP contribution in [0.2, 0.25) is 5.02 Å². The van der Waals surface area contributed by atoms with Crippen molar-refractivity contribution in [3.05, 3.63) is 63.8 Å². The molecular weight excluding hydrogens is 424 g/mol. The van der Waals surface area contributed by atoms with Crippen LogP contribution in [0, 0.1) is 13.8 Å². The summed E-state index contributed by atoms with van der Waals surface area (Å²) in [5, 5.41) is 13.8. The summed E-state index contributed by atoms with van der Waals surface area (Å²) in [6.45, 7) is 6.45. The molecule has 1 heterocycles. The molecule has 2 aromatic carbocycles. The fourth-order valence-corrected chi connectivity index (χ4v) is 4.51. The molecule has 0 radical (unpaired) electrons. The first-order valence-corrected chi connectivity index (χ1v) is 12.2. The monoisotopic (exact) mass is 450 g/mol.